The van der Waals surface area contributed by atoms with E-state index in [0.29, 0.717) is 28.8 Å². The van der Waals surface area contributed by atoms with Gasteiger partial charge in [0.05, 0.1) is 29.9 Å². The third-order valence-electron chi connectivity index (χ3n) is 4.66. The number of ether oxygens (including phenoxy) is 2. The van der Waals surface area contributed by atoms with Crippen molar-refractivity contribution in [1.29, 1.82) is 0 Å². The smallest absolute Gasteiger partial charge is 0.261 e. The fraction of sp³-hybridized carbons (Fsp3) is 0.471. The number of rotatable bonds is 4. The molecule has 8 nitrogen and oxygen atoms in total. The Labute approximate surface area is 143 Å². The van der Waals surface area contributed by atoms with Crippen molar-refractivity contribution in [2.45, 2.75) is 38.0 Å². The summed E-state index contributed by atoms with van der Waals surface area (Å²) in [6.07, 6.45) is 2.62. The number of fused-ring (bicyclic) bond motifs is 2. The summed E-state index contributed by atoms with van der Waals surface area (Å²) in [5, 5.41) is 13.5. The predicted octanol–water partition coefficient (Wildman–Crippen LogP) is 0.197. The summed E-state index contributed by atoms with van der Waals surface area (Å²) in [7, 11) is 0. The van der Waals surface area contributed by atoms with Gasteiger partial charge in [-0.1, -0.05) is 0 Å². The zero-order valence-electron chi connectivity index (χ0n) is 13.6. The molecule has 0 unspecified atom stereocenters. The van der Waals surface area contributed by atoms with Crippen LogP contribution in [0.1, 0.15) is 19.3 Å². The number of Topliss-reactive ketones (excluding diaryl/α,β-unsaturated/α-hetero) is 1. The van der Waals surface area contributed by atoms with Crippen LogP contribution in [0.4, 0.5) is 0 Å². The molecular formula is C17H19N3O5. The molecule has 0 spiro atoms. The van der Waals surface area contributed by atoms with Gasteiger partial charge >= 0.3 is 0 Å². The Morgan fingerprint density at radius 2 is 2.16 bits per heavy atom. The molecule has 8 heteroatoms. The van der Waals surface area contributed by atoms with Crippen molar-refractivity contribution in [3.63, 3.8) is 0 Å². The summed E-state index contributed by atoms with van der Waals surface area (Å²) in [6.45, 7) is 0.843. The van der Waals surface area contributed by atoms with Crippen LogP contribution >= 0.6 is 0 Å². The van der Waals surface area contributed by atoms with Gasteiger partial charge in [0, 0.05) is 18.5 Å². The summed E-state index contributed by atoms with van der Waals surface area (Å²) >= 11 is 0. The van der Waals surface area contributed by atoms with Crippen molar-refractivity contribution >= 4 is 16.7 Å². The number of benzene rings is 1. The Bertz CT molecular complexity index is 878. The Balaban J connectivity index is 1.55. The number of hydrogen-bond donors (Lipinski definition) is 2. The Kier molecular flexibility index (Phi) is 4.14. The zero-order valence-corrected chi connectivity index (χ0v) is 13.6. The van der Waals surface area contributed by atoms with E-state index in [1.807, 2.05) is 0 Å². The number of nitrogens with zero attached hydrogens (tertiary/aromatic N) is 2. The van der Waals surface area contributed by atoms with E-state index in [1.54, 1.807) is 12.1 Å². The Morgan fingerprint density at radius 1 is 1.36 bits per heavy atom. The van der Waals surface area contributed by atoms with E-state index in [-0.39, 0.29) is 37.1 Å². The molecule has 1 aromatic heterocycles. The number of aliphatic hydroxyl groups is 1. The number of aromatic nitrogens is 2. The topological polar surface area (TPSA) is 103 Å². The lowest BCUT2D eigenvalue weighted by atomic mass is 9.97. The minimum atomic E-state index is -0.524. The lowest BCUT2D eigenvalue weighted by Gasteiger charge is -2.28. The molecule has 0 amide bonds. The molecule has 0 aliphatic carbocycles. The van der Waals surface area contributed by atoms with E-state index in [1.165, 1.54) is 10.9 Å². The second-order valence-electron chi connectivity index (χ2n) is 6.41. The minimum Gasteiger partial charge on any atom is -0.454 e. The van der Waals surface area contributed by atoms with Crippen molar-refractivity contribution in [2.75, 3.05) is 13.3 Å². The van der Waals surface area contributed by atoms with Crippen molar-refractivity contribution in [1.82, 2.24) is 14.9 Å². The number of hydrogen-bond acceptors (Lipinski definition) is 7. The first-order valence-electron chi connectivity index (χ1n) is 8.34. The van der Waals surface area contributed by atoms with Gasteiger partial charge in [0.2, 0.25) is 6.79 Å². The van der Waals surface area contributed by atoms with Gasteiger partial charge < -0.3 is 19.9 Å². The fourth-order valence-corrected chi connectivity index (χ4v) is 3.30. The van der Waals surface area contributed by atoms with Crippen molar-refractivity contribution in [2.24, 2.45) is 0 Å². The Hall–Kier alpha value is -2.45. The molecule has 0 saturated carbocycles. The second kappa shape index (κ2) is 6.45. The maximum Gasteiger partial charge on any atom is 0.261 e. The number of nitrogens with one attached hydrogen (secondary N) is 1. The largest absolute Gasteiger partial charge is 0.454 e. The molecule has 2 N–H and O–H groups in total. The van der Waals surface area contributed by atoms with E-state index in [4.69, 9.17) is 9.47 Å². The predicted molar refractivity (Wildman–Crippen MR) is 88.8 cm³/mol. The highest BCUT2D eigenvalue weighted by atomic mass is 16.7. The van der Waals surface area contributed by atoms with Crippen LogP contribution in [0, 0.1) is 0 Å². The normalized spacial score (nSPS) is 22.3. The molecule has 0 radical (unpaired) electrons. The van der Waals surface area contributed by atoms with Gasteiger partial charge in [0.25, 0.3) is 5.56 Å². The maximum atomic E-state index is 12.6. The van der Waals surface area contributed by atoms with Gasteiger partial charge in [-0.3, -0.25) is 14.2 Å². The first-order valence-corrected chi connectivity index (χ1v) is 8.34. The van der Waals surface area contributed by atoms with Crippen LogP contribution in [-0.4, -0.2) is 45.9 Å². The molecule has 2 atom stereocenters. The molecule has 4 rings (SSSR count). The molecule has 132 valence electrons. The minimum absolute atomic E-state index is 0.0683. The standard InChI is InChI=1S/C17H19N3O5/c21-10(4-13-14(22)2-1-3-18-13)7-20-8-19-12-6-16-15(24-9-25-16)5-11(12)17(20)23/h5-6,8,13-14,18,22H,1-4,7,9H2/t13-,14+/m0/s1. The molecule has 3 heterocycles. The SMILES string of the molecule is O=C(C[C@@H]1NCCC[C@H]1O)Cn1cnc2cc3c(cc2c1=O)OCO3. The van der Waals surface area contributed by atoms with E-state index in [2.05, 4.69) is 10.3 Å². The molecule has 25 heavy (non-hydrogen) atoms. The van der Waals surface area contributed by atoms with Crippen LogP contribution in [0.2, 0.25) is 0 Å². The average molecular weight is 345 g/mol. The van der Waals surface area contributed by atoms with Crippen LogP contribution in [0.5, 0.6) is 11.5 Å². The van der Waals surface area contributed by atoms with E-state index >= 15 is 0 Å². The molecule has 2 aromatic rings. The van der Waals surface area contributed by atoms with E-state index in [0.717, 1.165) is 13.0 Å². The van der Waals surface area contributed by atoms with Gasteiger partial charge in [-0.2, -0.15) is 0 Å². The first kappa shape index (κ1) is 16.0. The van der Waals surface area contributed by atoms with Crippen molar-refractivity contribution in [3.8, 4) is 11.5 Å². The summed E-state index contributed by atoms with van der Waals surface area (Å²) < 4.78 is 11.9. The van der Waals surface area contributed by atoms with Crippen LogP contribution < -0.4 is 20.3 Å². The lowest BCUT2D eigenvalue weighted by Crippen LogP contribution is -2.46. The summed E-state index contributed by atoms with van der Waals surface area (Å²) in [4.78, 5) is 29.2. The monoisotopic (exact) mass is 345 g/mol. The molecular weight excluding hydrogens is 326 g/mol. The van der Waals surface area contributed by atoms with Crippen LogP contribution in [-0.2, 0) is 11.3 Å². The van der Waals surface area contributed by atoms with Crippen molar-refractivity contribution in [3.05, 3.63) is 28.8 Å². The second-order valence-corrected chi connectivity index (χ2v) is 6.41. The van der Waals surface area contributed by atoms with Gasteiger partial charge in [0.15, 0.2) is 17.3 Å². The third-order valence-corrected chi connectivity index (χ3v) is 4.66. The number of aliphatic hydroxyl groups excluding tert-OH is 1. The molecule has 2 aliphatic heterocycles. The van der Waals surface area contributed by atoms with Gasteiger partial charge in [-0.15, -0.1) is 0 Å². The molecule has 2 aliphatic rings. The van der Waals surface area contributed by atoms with Crippen molar-refractivity contribution < 1.29 is 19.4 Å². The third kappa shape index (κ3) is 3.10. The quantitative estimate of drug-likeness (QED) is 0.816. The number of ketones is 1. The summed E-state index contributed by atoms with van der Waals surface area (Å²) in [5.74, 6) is 0.943. The van der Waals surface area contributed by atoms with Gasteiger partial charge in [-0.25, -0.2) is 4.98 Å². The lowest BCUT2D eigenvalue weighted by molar-refractivity contribution is -0.121. The number of carbonyl (C=O) groups is 1. The highest BCUT2D eigenvalue weighted by Crippen LogP contribution is 2.34. The summed E-state index contributed by atoms with van der Waals surface area (Å²) in [5.41, 5.74) is 0.205. The van der Waals surface area contributed by atoms with E-state index in [9.17, 15) is 14.7 Å². The number of piperidine rings is 1. The van der Waals surface area contributed by atoms with E-state index < -0.39 is 6.10 Å². The average Bonchev–Trinajstić information content (AvgIpc) is 3.05. The molecule has 0 bridgehead atoms. The number of carbonyl (C=O) groups excluding carboxylic acids is 1. The van der Waals surface area contributed by atoms with Gasteiger partial charge in [-0.05, 0) is 25.5 Å². The van der Waals surface area contributed by atoms with Crippen LogP contribution in [0.3, 0.4) is 0 Å². The van der Waals surface area contributed by atoms with Crippen LogP contribution in [0.25, 0.3) is 10.9 Å². The fourth-order valence-electron chi connectivity index (χ4n) is 3.30. The Morgan fingerprint density at radius 3 is 2.96 bits per heavy atom. The molecule has 1 saturated heterocycles. The first-order chi connectivity index (χ1) is 12.1. The molecule has 1 aromatic carbocycles. The molecule has 1 fully saturated rings. The summed E-state index contributed by atoms with van der Waals surface area (Å²) in [6, 6.07) is 3.01. The maximum absolute atomic E-state index is 12.6. The highest BCUT2D eigenvalue weighted by Gasteiger charge is 2.25. The van der Waals surface area contributed by atoms with Gasteiger partial charge in [0.1, 0.15) is 0 Å². The highest BCUT2D eigenvalue weighted by molar-refractivity contribution is 5.83. The zero-order chi connectivity index (χ0) is 17.4. The van der Waals surface area contributed by atoms with Crippen LogP contribution in [0.15, 0.2) is 23.3 Å².